The van der Waals surface area contributed by atoms with Gasteiger partial charge in [0.05, 0.1) is 5.54 Å². The van der Waals surface area contributed by atoms with E-state index in [1.54, 1.807) is 0 Å². The van der Waals surface area contributed by atoms with Gasteiger partial charge in [0.2, 0.25) is 0 Å². The number of unbranched alkanes of at least 4 members (excludes halogenated alkanes) is 1. The van der Waals surface area contributed by atoms with Crippen LogP contribution in [-0.4, -0.2) is 12.0 Å². The molecule has 1 nitrogen and oxygen atoms in total. The van der Waals surface area contributed by atoms with Gasteiger partial charge in [-0.2, -0.15) is 0 Å². The van der Waals surface area contributed by atoms with Gasteiger partial charge in [0.15, 0.2) is 0 Å². The van der Waals surface area contributed by atoms with Crippen molar-refractivity contribution in [2.45, 2.75) is 45.1 Å². The summed E-state index contributed by atoms with van der Waals surface area (Å²) < 4.78 is 24.0. The summed E-state index contributed by atoms with van der Waals surface area (Å²) in [6.07, 6.45) is -0.308. The van der Waals surface area contributed by atoms with E-state index in [0.717, 1.165) is 12.8 Å². The zero-order valence-electron chi connectivity index (χ0n) is 6.53. The Bertz CT molecular complexity index is 91.6. The molecule has 0 spiro atoms. The lowest BCUT2D eigenvalue weighted by atomic mass is 9.97. The number of hydrogen-bond donors (Lipinski definition) is 1. The van der Waals surface area contributed by atoms with E-state index >= 15 is 0 Å². The lowest BCUT2D eigenvalue weighted by Gasteiger charge is -2.22. The molecule has 0 radical (unpaired) electrons. The van der Waals surface area contributed by atoms with Crippen LogP contribution in [-0.2, 0) is 0 Å². The molecule has 3 heteroatoms. The molecule has 0 aliphatic rings. The summed E-state index contributed by atoms with van der Waals surface area (Å²) in [4.78, 5) is 0. The van der Waals surface area contributed by atoms with Crippen molar-refractivity contribution >= 4 is 0 Å². The summed E-state index contributed by atoms with van der Waals surface area (Å²) in [5.74, 6) is 0. The first kappa shape index (κ1) is 9.82. The number of rotatable bonds is 4. The van der Waals surface area contributed by atoms with E-state index in [-0.39, 0.29) is 0 Å². The van der Waals surface area contributed by atoms with Crippen molar-refractivity contribution in [1.82, 2.24) is 0 Å². The van der Waals surface area contributed by atoms with Crippen molar-refractivity contribution in [3.8, 4) is 0 Å². The Balaban J connectivity index is 3.63. The summed E-state index contributed by atoms with van der Waals surface area (Å²) in [5, 5.41) is 0. The number of alkyl halides is 2. The predicted octanol–water partition coefficient (Wildman–Crippen LogP) is 2.16. The minimum atomic E-state index is -2.40. The monoisotopic (exact) mass is 151 g/mol. The second-order valence-electron chi connectivity index (χ2n) is 2.91. The van der Waals surface area contributed by atoms with E-state index in [0.29, 0.717) is 6.42 Å². The van der Waals surface area contributed by atoms with Gasteiger partial charge in [0, 0.05) is 0 Å². The molecule has 2 N–H and O–H groups in total. The summed E-state index contributed by atoms with van der Waals surface area (Å²) >= 11 is 0. The highest BCUT2D eigenvalue weighted by Crippen LogP contribution is 2.18. The van der Waals surface area contributed by atoms with Crippen LogP contribution < -0.4 is 5.73 Å². The van der Waals surface area contributed by atoms with Crippen molar-refractivity contribution < 1.29 is 8.78 Å². The molecule has 0 fully saturated rings. The van der Waals surface area contributed by atoms with Crippen LogP contribution in [0.15, 0.2) is 0 Å². The number of hydrogen-bond acceptors (Lipinski definition) is 1. The number of halogens is 2. The molecule has 1 atom stereocenters. The van der Waals surface area contributed by atoms with Gasteiger partial charge in [-0.15, -0.1) is 0 Å². The lowest BCUT2D eigenvalue weighted by Crippen LogP contribution is -2.43. The maximum Gasteiger partial charge on any atom is 0.255 e. The molecular formula is C7H15F2N. The van der Waals surface area contributed by atoms with E-state index in [9.17, 15) is 8.78 Å². The maximum atomic E-state index is 12.0. The highest BCUT2D eigenvalue weighted by atomic mass is 19.3. The maximum absolute atomic E-state index is 12.0. The topological polar surface area (TPSA) is 26.0 Å². The minimum absolute atomic E-state index is 0.404. The van der Waals surface area contributed by atoms with Crippen LogP contribution in [0.2, 0.25) is 0 Å². The molecule has 10 heavy (non-hydrogen) atoms. The van der Waals surface area contributed by atoms with Crippen molar-refractivity contribution in [3.05, 3.63) is 0 Å². The van der Waals surface area contributed by atoms with Gasteiger partial charge in [0.1, 0.15) is 0 Å². The standard InChI is InChI=1S/C7H15F2N/c1-3-4-5-7(2,10)6(8)9/h6H,3-5,10H2,1-2H3. The summed E-state index contributed by atoms with van der Waals surface area (Å²) in [5.41, 5.74) is 4.01. The fraction of sp³-hybridized carbons (Fsp3) is 1.00. The molecule has 0 saturated carbocycles. The molecule has 0 aromatic rings. The zero-order valence-corrected chi connectivity index (χ0v) is 6.53. The normalized spacial score (nSPS) is 17.4. The molecule has 62 valence electrons. The molecule has 0 heterocycles. The van der Waals surface area contributed by atoms with Crippen LogP contribution >= 0.6 is 0 Å². The second-order valence-corrected chi connectivity index (χ2v) is 2.91. The van der Waals surface area contributed by atoms with Crippen LogP contribution in [0.25, 0.3) is 0 Å². The van der Waals surface area contributed by atoms with Gasteiger partial charge in [-0.3, -0.25) is 0 Å². The van der Waals surface area contributed by atoms with Crippen LogP contribution in [0, 0.1) is 0 Å². The minimum Gasteiger partial charge on any atom is -0.321 e. The molecule has 0 amide bonds. The number of nitrogens with two attached hydrogens (primary N) is 1. The van der Waals surface area contributed by atoms with Gasteiger partial charge < -0.3 is 5.73 Å². The average molecular weight is 151 g/mol. The fourth-order valence-corrected chi connectivity index (χ4v) is 0.667. The van der Waals surface area contributed by atoms with Gasteiger partial charge in [0.25, 0.3) is 6.43 Å². The third-order valence-electron chi connectivity index (χ3n) is 1.57. The highest BCUT2D eigenvalue weighted by molar-refractivity contribution is 4.80. The van der Waals surface area contributed by atoms with E-state index in [1.807, 2.05) is 6.92 Å². The second kappa shape index (κ2) is 3.86. The summed E-state index contributed by atoms with van der Waals surface area (Å²) in [6, 6.07) is 0. The quantitative estimate of drug-likeness (QED) is 0.654. The average Bonchev–Trinajstić information content (AvgIpc) is 1.84. The lowest BCUT2D eigenvalue weighted by molar-refractivity contribution is 0.0577. The SMILES string of the molecule is CCCCC(C)(N)C(F)F. The molecule has 0 aromatic heterocycles. The Morgan fingerprint density at radius 1 is 1.50 bits per heavy atom. The molecule has 1 unspecified atom stereocenters. The molecule has 0 bridgehead atoms. The highest BCUT2D eigenvalue weighted by Gasteiger charge is 2.28. The summed E-state index contributed by atoms with van der Waals surface area (Å²) in [7, 11) is 0. The van der Waals surface area contributed by atoms with Crippen molar-refractivity contribution in [1.29, 1.82) is 0 Å². The predicted molar refractivity (Wildman–Crippen MR) is 38.1 cm³/mol. The molecule has 0 saturated heterocycles. The Hall–Kier alpha value is -0.180. The Labute approximate surface area is 60.6 Å². The van der Waals surface area contributed by atoms with Gasteiger partial charge in [-0.1, -0.05) is 19.8 Å². The molecule has 0 rings (SSSR count). The molecule has 0 aliphatic heterocycles. The van der Waals surface area contributed by atoms with Crippen molar-refractivity contribution in [3.63, 3.8) is 0 Å². The fourth-order valence-electron chi connectivity index (χ4n) is 0.667. The van der Waals surface area contributed by atoms with E-state index in [2.05, 4.69) is 0 Å². The third kappa shape index (κ3) is 3.11. The van der Waals surface area contributed by atoms with Gasteiger partial charge in [-0.05, 0) is 13.3 Å². The summed E-state index contributed by atoms with van der Waals surface area (Å²) in [6.45, 7) is 3.36. The first-order chi connectivity index (χ1) is 4.50. The van der Waals surface area contributed by atoms with E-state index in [4.69, 9.17) is 5.73 Å². The molecule has 0 aromatic carbocycles. The Kier molecular flexibility index (Phi) is 3.79. The first-order valence-corrected chi connectivity index (χ1v) is 3.57. The van der Waals surface area contributed by atoms with Crippen molar-refractivity contribution in [2.24, 2.45) is 5.73 Å². The van der Waals surface area contributed by atoms with E-state index in [1.165, 1.54) is 6.92 Å². The third-order valence-corrected chi connectivity index (χ3v) is 1.57. The Morgan fingerprint density at radius 2 is 2.00 bits per heavy atom. The van der Waals surface area contributed by atoms with E-state index < -0.39 is 12.0 Å². The van der Waals surface area contributed by atoms with Crippen LogP contribution in [0.5, 0.6) is 0 Å². The first-order valence-electron chi connectivity index (χ1n) is 3.57. The molecule has 0 aliphatic carbocycles. The largest absolute Gasteiger partial charge is 0.321 e. The zero-order chi connectivity index (χ0) is 8.20. The smallest absolute Gasteiger partial charge is 0.255 e. The van der Waals surface area contributed by atoms with Crippen LogP contribution in [0.3, 0.4) is 0 Å². The van der Waals surface area contributed by atoms with Gasteiger partial charge in [-0.25, -0.2) is 8.78 Å². The van der Waals surface area contributed by atoms with Gasteiger partial charge >= 0.3 is 0 Å². The van der Waals surface area contributed by atoms with Crippen molar-refractivity contribution in [2.75, 3.05) is 0 Å². The van der Waals surface area contributed by atoms with Crippen LogP contribution in [0.4, 0.5) is 8.78 Å². The molecular weight excluding hydrogens is 136 g/mol. The van der Waals surface area contributed by atoms with Crippen LogP contribution in [0.1, 0.15) is 33.1 Å². The Morgan fingerprint density at radius 3 is 2.30 bits per heavy atom.